The molecule has 2 fully saturated rings. The van der Waals surface area contributed by atoms with Gasteiger partial charge in [0.15, 0.2) is 0 Å². The zero-order valence-corrected chi connectivity index (χ0v) is 29.8. The van der Waals surface area contributed by atoms with E-state index in [0.29, 0.717) is 43.0 Å². The summed E-state index contributed by atoms with van der Waals surface area (Å²) in [4.78, 5) is 0. The number of ether oxygens (including phenoxy) is 2. The SMILES string of the molecule is CNCc1cc(OCc2ccccc2)n(C(C)C2CCC(c3ccc(F)c(COc4cc(CNC)nn4C(C)C4CCCCC4)c3)CC2)n1. The van der Waals surface area contributed by atoms with Crippen LogP contribution in [-0.2, 0) is 26.3 Å². The number of nitrogens with zero attached hydrogens (tertiary/aromatic N) is 4. The molecule has 2 aliphatic rings. The normalized spacial score (nSPS) is 19.9. The minimum atomic E-state index is -0.216. The fourth-order valence-corrected chi connectivity index (χ4v) is 7.98. The van der Waals surface area contributed by atoms with Crippen LogP contribution in [0.1, 0.15) is 118 Å². The third-order valence-corrected chi connectivity index (χ3v) is 10.9. The second kappa shape index (κ2) is 16.8. The summed E-state index contributed by atoms with van der Waals surface area (Å²) in [5, 5.41) is 16.3. The molecule has 2 N–H and O–H groups in total. The quantitative estimate of drug-likeness (QED) is 0.132. The number of rotatable bonds is 15. The molecule has 264 valence electrons. The first kappa shape index (κ1) is 35.1. The molecule has 4 aromatic rings. The summed E-state index contributed by atoms with van der Waals surface area (Å²) in [6.45, 7) is 6.60. The molecule has 0 bridgehead atoms. The van der Waals surface area contributed by atoms with E-state index in [4.69, 9.17) is 19.7 Å². The summed E-state index contributed by atoms with van der Waals surface area (Å²) < 4.78 is 32.0. The van der Waals surface area contributed by atoms with Gasteiger partial charge in [0.05, 0.1) is 23.5 Å². The predicted molar refractivity (Wildman–Crippen MR) is 192 cm³/mol. The van der Waals surface area contributed by atoms with Crippen LogP contribution in [0.5, 0.6) is 11.8 Å². The zero-order chi connectivity index (χ0) is 34.2. The van der Waals surface area contributed by atoms with E-state index in [1.807, 2.05) is 55.2 Å². The molecule has 0 amide bonds. The molecule has 49 heavy (non-hydrogen) atoms. The van der Waals surface area contributed by atoms with Crippen molar-refractivity contribution in [3.05, 3.63) is 94.6 Å². The van der Waals surface area contributed by atoms with Crippen LogP contribution in [0.15, 0.2) is 60.7 Å². The number of hydrogen-bond acceptors (Lipinski definition) is 6. The fourth-order valence-electron chi connectivity index (χ4n) is 7.98. The van der Waals surface area contributed by atoms with E-state index in [-0.39, 0.29) is 24.5 Å². The van der Waals surface area contributed by atoms with Gasteiger partial charge in [0.2, 0.25) is 11.8 Å². The summed E-state index contributed by atoms with van der Waals surface area (Å²) in [5.74, 6) is 2.80. The van der Waals surface area contributed by atoms with E-state index in [2.05, 4.69) is 47.4 Å². The largest absolute Gasteiger partial charge is 0.473 e. The predicted octanol–water partition coefficient (Wildman–Crippen LogP) is 8.49. The van der Waals surface area contributed by atoms with Gasteiger partial charge in [-0.3, -0.25) is 0 Å². The van der Waals surface area contributed by atoms with Gasteiger partial charge in [-0.05, 0) is 107 Å². The van der Waals surface area contributed by atoms with Crippen molar-refractivity contribution in [3.63, 3.8) is 0 Å². The average Bonchev–Trinajstić information content (AvgIpc) is 3.74. The van der Waals surface area contributed by atoms with Crippen LogP contribution >= 0.6 is 0 Å². The van der Waals surface area contributed by atoms with Gasteiger partial charge in [-0.1, -0.05) is 55.7 Å². The lowest BCUT2D eigenvalue weighted by atomic mass is 9.76. The molecule has 0 radical (unpaired) electrons. The van der Waals surface area contributed by atoms with Gasteiger partial charge in [-0.15, -0.1) is 0 Å². The molecule has 0 aliphatic heterocycles. The maximum absolute atomic E-state index is 15.2. The lowest BCUT2D eigenvalue weighted by Gasteiger charge is -2.33. The Kier molecular flexibility index (Phi) is 12.1. The van der Waals surface area contributed by atoms with Gasteiger partial charge in [-0.2, -0.15) is 10.2 Å². The molecule has 6 rings (SSSR count). The Morgan fingerprint density at radius 1 is 0.714 bits per heavy atom. The highest BCUT2D eigenvalue weighted by atomic mass is 19.1. The van der Waals surface area contributed by atoms with Gasteiger partial charge >= 0.3 is 0 Å². The van der Waals surface area contributed by atoms with Crippen molar-refractivity contribution in [1.29, 1.82) is 0 Å². The van der Waals surface area contributed by atoms with E-state index in [0.717, 1.165) is 54.4 Å². The fraction of sp³-hybridized carbons (Fsp3) is 0.550. The van der Waals surface area contributed by atoms with Crippen LogP contribution in [0.4, 0.5) is 4.39 Å². The average molecular weight is 671 g/mol. The monoisotopic (exact) mass is 670 g/mol. The van der Waals surface area contributed by atoms with Gasteiger partial charge in [-0.25, -0.2) is 13.8 Å². The highest BCUT2D eigenvalue weighted by molar-refractivity contribution is 5.29. The Hall–Kier alpha value is -3.69. The third kappa shape index (κ3) is 8.73. The van der Waals surface area contributed by atoms with Crippen molar-refractivity contribution in [1.82, 2.24) is 30.2 Å². The third-order valence-electron chi connectivity index (χ3n) is 10.9. The first-order chi connectivity index (χ1) is 23.9. The lowest BCUT2D eigenvalue weighted by molar-refractivity contribution is 0.201. The Morgan fingerprint density at radius 2 is 1.29 bits per heavy atom. The van der Waals surface area contributed by atoms with Gasteiger partial charge < -0.3 is 20.1 Å². The smallest absolute Gasteiger partial charge is 0.212 e. The number of benzene rings is 2. The Bertz CT molecular complexity index is 1610. The minimum Gasteiger partial charge on any atom is -0.473 e. The lowest BCUT2D eigenvalue weighted by Crippen LogP contribution is -2.24. The highest BCUT2D eigenvalue weighted by Crippen LogP contribution is 2.42. The number of halogens is 1. The summed E-state index contributed by atoms with van der Waals surface area (Å²) in [6, 6.07) is 20.4. The van der Waals surface area contributed by atoms with Crippen LogP contribution in [0, 0.1) is 17.7 Å². The molecule has 0 spiro atoms. The number of aromatic nitrogens is 4. The van der Waals surface area contributed by atoms with E-state index in [9.17, 15) is 0 Å². The standard InChI is InChI=1S/C40H55FN6O2/c1-28(31-13-9-6-10-14-31)46-40(23-37(44-46)25-43-4)49-27-35-21-34(19-20-38(35)41)33-17-15-32(16-18-33)29(2)47-39(22-36(45-47)24-42-3)48-26-30-11-7-5-8-12-30/h5,7-8,11-12,19-23,28-29,31-33,42-43H,6,9-10,13-18,24-27H2,1-4H3. The molecule has 9 heteroatoms. The van der Waals surface area contributed by atoms with Crippen LogP contribution in [0.25, 0.3) is 0 Å². The molecular weight excluding hydrogens is 615 g/mol. The summed E-state index contributed by atoms with van der Waals surface area (Å²) in [6.07, 6.45) is 10.6. The van der Waals surface area contributed by atoms with Crippen LogP contribution in [0.3, 0.4) is 0 Å². The summed E-state index contributed by atoms with van der Waals surface area (Å²) in [5.41, 5.74) is 4.88. The Labute approximate surface area is 291 Å². The van der Waals surface area contributed by atoms with Crippen LogP contribution in [-0.4, -0.2) is 33.7 Å². The van der Waals surface area contributed by atoms with Crippen molar-refractivity contribution < 1.29 is 13.9 Å². The highest BCUT2D eigenvalue weighted by Gasteiger charge is 2.30. The summed E-state index contributed by atoms with van der Waals surface area (Å²) >= 11 is 0. The maximum atomic E-state index is 15.2. The van der Waals surface area contributed by atoms with Crippen LogP contribution in [0.2, 0.25) is 0 Å². The van der Waals surface area contributed by atoms with Gasteiger partial charge in [0.1, 0.15) is 19.0 Å². The zero-order valence-electron chi connectivity index (χ0n) is 29.8. The van der Waals surface area contributed by atoms with Gasteiger partial charge in [0, 0.05) is 30.8 Å². The number of hydrogen-bond donors (Lipinski definition) is 2. The van der Waals surface area contributed by atoms with Gasteiger partial charge in [0.25, 0.3) is 0 Å². The molecule has 2 saturated carbocycles. The van der Waals surface area contributed by atoms with Crippen molar-refractivity contribution in [2.24, 2.45) is 11.8 Å². The Morgan fingerprint density at radius 3 is 1.88 bits per heavy atom. The van der Waals surface area contributed by atoms with Crippen LogP contribution < -0.4 is 20.1 Å². The van der Waals surface area contributed by atoms with E-state index in [1.165, 1.54) is 37.7 Å². The molecule has 2 aromatic heterocycles. The molecule has 8 nitrogen and oxygen atoms in total. The Balaban J connectivity index is 1.09. The van der Waals surface area contributed by atoms with E-state index >= 15 is 4.39 Å². The molecule has 2 atom stereocenters. The first-order valence-corrected chi connectivity index (χ1v) is 18.5. The first-order valence-electron chi connectivity index (χ1n) is 18.5. The topological polar surface area (TPSA) is 78.2 Å². The van der Waals surface area contributed by atoms with E-state index < -0.39 is 0 Å². The van der Waals surface area contributed by atoms with Crippen molar-refractivity contribution in [3.8, 4) is 11.8 Å². The van der Waals surface area contributed by atoms with E-state index in [1.54, 1.807) is 6.07 Å². The summed E-state index contributed by atoms with van der Waals surface area (Å²) in [7, 11) is 3.87. The molecule has 2 aromatic carbocycles. The molecule has 2 heterocycles. The molecule has 0 saturated heterocycles. The second-order valence-corrected chi connectivity index (χ2v) is 14.3. The van der Waals surface area contributed by atoms with Crippen molar-refractivity contribution in [2.75, 3.05) is 14.1 Å². The number of nitrogens with one attached hydrogen (secondary N) is 2. The minimum absolute atomic E-state index is 0.189. The molecule has 2 unspecified atom stereocenters. The van der Waals surface area contributed by atoms with Crippen molar-refractivity contribution >= 4 is 0 Å². The molecular formula is C40H55FN6O2. The molecule has 2 aliphatic carbocycles. The maximum Gasteiger partial charge on any atom is 0.212 e. The van der Waals surface area contributed by atoms with Crippen molar-refractivity contribution in [2.45, 2.75) is 116 Å². The second-order valence-electron chi connectivity index (χ2n) is 14.3.